The second kappa shape index (κ2) is 7.30. The molecule has 1 aromatic heterocycles. The number of aromatic carboxylic acids is 1. The fraction of sp³-hybridized carbons (Fsp3) is 0.562. The van der Waals surface area contributed by atoms with Crippen molar-refractivity contribution in [3.63, 3.8) is 0 Å². The average molecular weight is 322 g/mol. The number of carboxylic acids is 1. The normalized spacial score (nSPS) is 18.0. The molecule has 1 aliphatic heterocycles. The molecule has 2 amide bonds. The highest BCUT2D eigenvalue weighted by atomic mass is 16.4. The molecule has 7 heteroatoms. The van der Waals surface area contributed by atoms with Gasteiger partial charge in [-0.25, -0.2) is 4.79 Å². The Balaban J connectivity index is 1.93. The highest BCUT2D eigenvalue weighted by Gasteiger charge is 2.27. The number of furan rings is 1. The highest BCUT2D eigenvalue weighted by molar-refractivity contribution is 5.95. The van der Waals surface area contributed by atoms with E-state index in [0.717, 1.165) is 19.1 Å². The van der Waals surface area contributed by atoms with E-state index in [1.807, 2.05) is 13.8 Å². The van der Waals surface area contributed by atoms with Gasteiger partial charge in [0, 0.05) is 31.6 Å². The van der Waals surface area contributed by atoms with Crippen LogP contribution in [0.25, 0.3) is 0 Å². The van der Waals surface area contributed by atoms with Crippen LogP contribution in [-0.2, 0) is 4.79 Å². The summed E-state index contributed by atoms with van der Waals surface area (Å²) in [5.41, 5.74) is -0.0360. The predicted molar refractivity (Wildman–Crippen MR) is 82.1 cm³/mol. The van der Waals surface area contributed by atoms with E-state index < -0.39 is 5.97 Å². The number of carbonyl (C=O) groups excluding carboxylic acids is 2. The lowest BCUT2D eigenvalue weighted by Crippen LogP contribution is -2.44. The van der Waals surface area contributed by atoms with E-state index in [1.54, 1.807) is 4.90 Å². The summed E-state index contributed by atoms with van der Waals surface area (Å²) in [6, 6.07) is 1.24. The van der Waals surface area contributed by atoms with Gasteiger partial charge in [0.15, 0.2) is 5.76 Å². The molecule has 23 heavy (non-hydrogen) atoms. The van der Waals surface area contributed by atoms with Crippen molar-refractivity contribution in [1.29, 1.82) is 0 Å². The zero-order valence-corrected chi connectivity index (χ0v) is 13.4. The lowest BCUT2D eigenvalue weighted by atomic mass is 9.97. The van der Waals surface area contributed by atoms with Crippen molar-refractivity contribution in [3.8, 4) is 0 Å². The topological polar surface area (TPSA) is 99.9 Å². The van der Waals surface area contributed by atoms with E-state index in [0.29, 0.717) is 19.6 Å². The van der Waals surface area contributed by atoms with Crippen molar-refractivity contribution in [2.24, 2.45) is 11.8 Å². The second-order valence-electron chi connectivity index (χ2n) is 6.16. The van der Waals surface area contributed by atoms with Crippen LogP contribution in [0.4, 0.5) is 0 Å². The number of rotatable bonds is 5. The van der Waals surface area contributed by atoms with Crippen LogP contribution in [-0.4, -0.2) is 47.4 Å². The summed E-state index contributed by atoms with van der Waals surface area (Å²) in [5, 5.41) is 11.8. The molecule has 0 radical (unpaired) electrons. The minimum atomic E-state index is -1.12. The van der Waals surface area contributed by atoms with Gasteiger partial charge < -0.3 is 19.7 Å². The van der Waals surface area contributed by atoms with Crippen LogP contribution in [0.15, 0.2) is 16.7 Å². The lowest BCUT2D eigenvalue weighted by molar-refractivity contribution is -0.124. The van der Waals surface area contributed by atoms with Gasteiger partial charge in [0.1, 0.15) is 6.26 Å². The zero-order valence-electron chi connectivity index (χ0n) is 13.4. The first kappa shape index (κ1) is 17.1. The minimum Gasteiger partial charge on any atom is -0.478 e. The van der Waals surface area contributed by atoms with Gasteiger partial charge in [-0.2, -0.15) is 0 Å². The number of hydrogen-bond acceptors (Lipinski definition) is 4. The van der Waals surface area contributed by atoms with E-state index in [1.165, 1.54) is 6.07 Å². The Morgan fingerprint density at radius 1 is 1.43 bits per heavy atom. The Morgan fingerprint density at radius 2 is 2.17 bits per heavy atom. The third kappa shape index (κ3) is 4.34. The minimum absolute atomic E-state index is 0.00517. The van der Waals surface area contributed by atoms with Crippen molar-refractivity contribution in [3.05, 3.63) is 23.7 Å². The quantitative estimate of drug-likeness (QED) is 0.857. The standard InChI is InChI=1S/C16H22N2O5/c1-10(2)14(19)17-7-11-4-3-5-18(8-11)15(20)13-6-12(9-23-13)16(21)22/h6,9-11H,3-5,7-8H2,1-2H3,(H,17,19)(H,21,22). The van der Waals surface area contributed by atoms with E-state index in [2.05, 4.69) is 5.32 Å². The summed E-state index contributed by atoms with van der Waals surface area (Å²) < 4.78 is 5.06. The van der Waals surface area contributed by atoms with Gasteiger partial charge in [-0.15, -0.1) is 0 Å². The zero-order chi connectivity index (χ0) is 17.0. The van der Waals surface area contributed by atoms with Gasteiger partial charge in [0.2, 0.25) is 5.91 Å². The van der Waals surface area contributed by atoms with E-state index in [4.69, 9.17) is 9.52 Å². The smallest absolute Gasteiger partial charge is 0.338 e. The summed E-state index contributed by atoms with van der Waals surface area (Å²) in [5.74, 6) is -1.25. The molecule has 0 bridgehead atoms. The Bertz CT molecular complexity index is 593. The molecule has 0 aliphatic carbocycles. The maximum Gasteiger partial charge on any atom is 0.338 e. The number of hydrogen-bond donors (Lipinski definition) is 2. The van der Waals surface area contributed by atoms with Gasteiger partial charge in [0.25, 0.3) is 5.91 Å². The number of carbonyl (C=O) groups is 3. The molecule has 1 aliphatic rings. The molecule has 0 saturated carbocycles. The summed E-state index contributed by atoms with van der Waals surface area (Å²) in [7, 11) is 0. The maximum atomic E-state index is 12.4. The van der Waals surface area contributed by atoms with Gasteiger partial charge in [-0.05, 0) is 18.8 Å². The van der Waals surface area contributed by atoms with E-state index in [-0.39, 0.29) is 35.0 Å². The predicted octanol–water partition coefficient (Wildman–Crippen LogP) is 1.60. The summed E-state index contributed by atoms with van der Waals surface area (Å²) >= 11 is 0. The molecule has 7 nitrogen and oxygen atoms in total. The van der Waals surface area contributed by atoms with Crippen molar-refractivity contribution in [2.45, 2.75) is 26.7 Å². The Hall–Kier alpha value is -2.31. The molecule has 1 atom stereocenters. The number of amides is 2. The second-order valence-corrected chi connectivity index (χ2v) is 6.16. The number of nitrogens with one attached hydrogen (secondary N) is 1. The van der Waals surface area contributed by atoms with Crippen LogP contribution in [0.5, 0.6) is 0 Å². The van der Waals surface area contributed by atoms with Gasteiger partial charge >= 0.3 is 5.97 Å². The van der Waals surface area contributed by atoms with E-state index >= 15 is 0 Å². The number of carboxylic acid groups (broad SMARTS) is 1. The molecule has 2 heterocycles. The van der Waals surface area contributed by atoms with Crippen molar-refractivity contribution in [2.75, 3.05) is 19.6 Å². The molecule has 1 aromatic rings. The van der Waals surface area contributed by atoms with Crippen molar-refractivity contribution >= 4 is 17.8 Å². The van der Waals surface area contributed by atoms with Crippen molar-refractivity contribution < 1.29 is 23.9 Å². The third-order valence-corrected chi connectivity index (χ3v) is 3.95. The molecule has 2 N–H and O–H groups in total. The van der Waals surface area contributed by atoms with E-state index in [9.17, 15) is 14.4 Å². The summed E-state index contributed by atoms with van der Waals surface area (Å²) in [4.78, 5) is 36.5. The number of piperidine rings is 1. The van der Waals surface area contributed by atoms with Gasteiger partial charge in [-0.3, -0.25) is 9.59 Å². The maximum absolute atomic E-state index is 12.4. The fourth-order valence-corrected chi connectivity index (χ4v) is 2.58. The first-order valence-corrected chi connectivity index (χ1v) is 7.77. The SMILES string of the molecule is CC(C)C(=O)NCC1CCCN(C(=O)c2cc(C(=O)O)co2)C1. The molecule has 0 aromatic carbocycles. The number of likely N-dealkylation sites (tertiary alicyclic amines) is 1. The number of nitrogens with zero attached hydrogens (tertiary/aromatic N) is 1. The van der Waals surface area contributed by atoms with Crippen LogP contribution >= 0.6 is 0 Å². The van der Waals surface area contributed by atoms with Crippen molar-refractivity contribution in [1.82, 2.24) is 10.2 Å². The molecular weight excluding hydrogens is 300 g/mol. The monoisotopic (exact) mass is 322 g/mol. The molecule has 1 unspecified atom stereocenters. The Morgan fingerprint density at radius 3 is 2.78 bits per heavy atom. The Kier molecular flexibility index (Phi) is 5.41. The van der Waals surface area contributed by atoms with Crippen LogP contribution in [0.1, 0.15) is 47.6 Å². The van der Waals surface area contributed by atoms with Crippen LogP contribution < -0.4 is 5.32 Å². The third-order valence-electron chi connectivity index (χ3n) is 3.95. The van der Waals surface area contributed by atoms with Gasteiger partial charge in [-0.1, -0.05) is 13.8 Å². The fourth-order valence-electron chi connectivity index (χ4n) is 2.58. The molecule has 1 saturated heterocycles. The highest BCUT2D eigenvalue weighted by Crippen LogP contribution is 2.19. The lowest BCUT2D eigenvalue weighted by Gasteiger charge is -2.32. The Labute approximate surface area is 134 Å². The molecule has 1 fully saturated rings. The van der Waals surface area contributed by atoms with Crippen LogP contribution in [0.2, 0.25) is 0 Å². The molecular formula is C16H22N2O5. The summed E-state index contributed by atoms with van der Waals surface area (Å²) in [6.07, 6.45) is 2.86. The van der Waals surface area contributed by atoms with Crippen LogP contribution in [0, 0.1) is 11.8 Å². The largest absolute Gasteiger partial charge is 0.478 e. The van der Waals surface area contributed by atoms with Crippen LogP contribution in [0.3, 0.4) is 0 Å². The first-order chi connectivity index (χ1) is 10.9. The molecule has 0 spiro atoms. The van der Waals surface area contributed by atoms with Gasteiger partial charge in [0.05, 0.1) is 5.56 Å². The average Bonchev–Trinajstić information content (AvgIpc) is 3.02. The molecule has 2 rings (SSSR count). The molecule has 126 valence electrons. The summed E-state index contributed by atoms with van der Waals surface area (Å²) in [6.45, 7) is 5.35. The first-order valence-electron chi connectivity index (χ1n) is 7.77.